The van der Waals surface area contributed by atoms with Crippen LogP contribution in [-0.4, -0.2) is 39.1 Å². The van der Waals surface area contributed by atoms with Gasteiger partial charge in [-0.25, -0.2) is 18.3 Å². The number of anilines is 1. The first-order valence-corrected chi connectivity index (χ1v) is 10.2. The van der Waals surface area contributed by atoms with Gasteiger partial charge in [0, 0.05) is 24.5 Å². The Labute approximate surface area is 188 Å². The maximum Gasteiger partial charge on any atom is 0.256 e. The molecule has 3 N–H and O–H groups in total. The van der Waals surface area contributed by atoms with E-state index >= 15 is 0 Å². The van der Waals surface area contributed by atoms with E-state index in [0.717, 1.165) is 11.6 Å². The molecular weight excluding hydrogens is 430 g/mol. The Balaban J connectivity index is 1.48. The first kappa shape index (κ1) is 22.1. The standard InChI is InChI=1S/C23H22F2N6O2/c1-13(14-3-4-18(24)19(25)10-14)5-7-27-21(32)17-9-16(12-28-22(17)33-2)15-6-8-31-20(11-15)29-23(26)30-31/h3-4,6,8-13H,5,7H2,1-2H3,(H2,26,30)(H,27,32). The van der Waals surface area contributed by atoms with Crippen molar-refractivity contribution in [2.45, 2.75) is 19.3 Å². The Hall–Kier alpha value is -4.08. The zero-order valence-corrected chi connectivity index (χ0v) is 18.0. The van der Waals surface area contributed by atoms with E-state index in [0.29, 0.717) is 29.7 Å². The first-order chi connectivity index (χ1) is 15.9. The number of halogens is 2. The van der Waals surface area contributed by atoms with Crippen molar-refractivity contribution in [2.75, 3.05) is 19.4 Å². The number of amides is 1. The van der Waals surface area contributed by atoms with E-state index in [2.05, 4.69) is 20.4 Å². The summed E-state index contributed by atoms with van der Waals surface area (Å²) in [6.07, 6.45) is 3.86. The third-order valence-corrected chi connectivity index (χ3v) is 5.35. The lowest BCUT2D eigenvalue weighted by molar-refractivity contribution is 0.0949. The Morgan fingerprint density at radius 2 is 2.00 bits per heavy atom. The molecule has 1 amide bonds. The summed E-state index contributed by atoms with van der Waals surface area (Å²) < 4.78 is 33.4. The monoisotopic (exact) mass is 452 g/mol. The van der Waals surface area contributed by atoms with Gasteiger partial charge in [0.05, 0.1) is 7.11 Å². The van der Waals surface area contributed by atoms with Crippen LogP contribution in [0.5, 0.6) is 5.88 Å². The van der Waals surface area contributed by atoms with E-state index in [-0.39, 0.29) is 29.2 Å². The fraction of sp³-hybridized carbons (Fsp3) is 0.217. The molecule has 3 aromatic heterocycles. The van der Waals surface area contributed by atoms with Gasteiger partial charge >= 0.3 is 0 Å². The van der Waals surface area contributed by atoms with Gasteiger partial charge < -0.3 is 15.8 Å². The summed E-state index contributed by atoms with van der Waals surface area (Å²) in [7, 11) is 1.44. The molecule has 33 heavy (non-hydrogen) atoms. The highest BCUT2D eigenvalue weighted by atomic mass is 19.2. The van der Waals surface area contributed by atoms with Crippen molar-refractivity contribution in [3.8, 4) is 17.0 Å². The number of pyridine rings is 2. The van der Waals surface area contributed by atoms with Crippen molar-refractivity contribution < 1.29 is 18.3 Å². The zero-order valence-electron chi connectivity index (χ0n) is 18.0. The van der Waals surface area contributed by atoms with E-state index in [4.69, 9.17) is 10.5 Å². The molecule has 0 aliphatic rings. The van der Waals surface area contributed by atoms with Crippen LogP contribution < -0.4 is 15.8 Å². The quantitative estimate of drug-likeness (QED) is 0.444. The van der Waals surface area contributed by atoms with Crippen molar-refractivity contribution in [1.29, 1.82) is 0 Å². The fourth-order valence-electron chi connectivity index (χ4n) is 3.50. The summed E-state index contributed by atoms with van der Waals surface area (Å²) in [5.74, 6) is -1.84. The molecule has 8 nitrogen and oxygen atoms in total. The number of nitrogens with zero attached hydrogens (tertiary/aromatic N) is 4. The summed E-state index contributed by atoms with van der Waals surface area (Å²) in [6, 6.07) is 9.12. The average molecular weight is 452 g/mol. The van der Waals surface area contributed by atoms with E-state index in [1.165, 1.54) is 13.2 Å². The molecule has 0 saturated heterocycles. The zero-order chi connectivity index (χ0) is 23.5. The van der Waals surface area contributed by atoms with Gasteiger partial charge in [0.25, 0.3) is 5.91 Å². The first-order valence-electron chi connectivity index (χ1n) is 10.2. The number of carbonyl (C=O) groups excluding carboxylic acids is 1. The van der Waals surface area contributed by atoms with E-state index in [1.54, 1.807) is 35.1 Å². The number of hydrogen-bond acceptors (Lipinski definition) is 6. The molecule has 0 fully saturated rings. The van der Waals surface area contributed by atoms with Crippen molar-refractivity contribution in [2.24, 2.45) is 0 Å². The molecule has 0 saturated carbocycles. The molecule has 0 aliphatic heterocycles. The number of hydrogen-bond donors (Lipinski definition) is 2. The Morgan fingerprint density at radius 1 is 1.18 bits per heavy atom. The Bertz CT molecular complexity index is 1320. The molecule has 4 rings (SSSR count). The predicted octanol–water partition coefficient (Wildman–Crippen LogP) is 3.58. The van der Waals surface area contributed by atoms with Crippen molar-refractivity contribution >= 4 is 17.5 Å². The molecule has 10 heteroatoms. The molecule has 1 aromatic carbocycles. The van der Waals surface area contributed by atoms with Crippen molar-refractivity contribution in [3.05, 3.63) is 71.6 Å². The lowest BCUT2D eigenvalue weighted by atomic mass is 9.97. The number of nitrogens with one attached hydrogen (secondary N) is 1. The van der Waals surface area contributed by atoms with Crippen molar-refractivity contribution in [3.63, 3.8) is 0 Å². The predicted molar refractivity (Wildman–Crippen MR) is 119 cm³/mol. The van der Waals surface area contributed by atoms with Crippen LogP contribution in [0.3, 0.4) is 0 Å². The van der Waals surface area contributed by atoms with Crippen LogP contribution in [0.4, 0.5) is 14.7 Å². The third-order valence-electron chi connectivity index (χ3n) is 5.35. The van der Waals surface area contributed by atoms with Crippen LogP contribution >= 0.6 is 0 Å². The van der Waals surface area contributed by atoms with E-state index in [1.807, 2.05) is 13.0 Å². The number of methoxy groups -OCH3 is 1. The van der Waals surface area contributed by atoms with Gasteiger partial charge in [-0.15, -0.1) is 5.10 Å². The molecule has 0 bridgehead atoms. The number of aromatic nitrogens is 4. The largest absolute Gasteiger partial charge is 0.480 e. The van der Waals surface area contributed by atoms with E-state index < -0.39 is 11.6 Å². The number of fused-ring (bicyclic) bond motifs is 1. The molecule has 1 atom stereocenters. The molecule has 3 heterocycles. The summed E-state index contributed by atoms with van der Waals surface area (Å²) in [5.41, 5.74) is 8.62. The van der Waals surface area contributed by atoms with Crippen LogP contribution in [0, 0.1) is 11.6 Å². The smallest absolute Gasteiger partial charge is 0.256 e. The third kappa shape index (κ3) is 4.74. The number of rotatable bonds is 7. The Morgan fingerprint density at radius 3 is 2.76 bits per heavy atom. The van der Waals surface area contributed by atoms with E-state index in [9.17, 15) is 13.6 Å². The van der Waals surface area contributed by atoms with Gasteiger partial charge in [0.15, 0.2) is 17.3 Å². The van der Waals surface area contributed by atoms with Crippen LogP contribution in [0.1, 0.15) is 35.2 Å². The molecule has 1 unspecified atom stereocenters. The summed E-state index contributed by atoms with van der Waals surface area (Å²) in [5, 5.41) is 6.89. The van der Waals surface area contributed by atoms with Gasteiger partial charge in [0.1, 0.15) is 5.56 Å². The lowest BCUT2D eigenvalue weighted by Gasteiger charge is -2.14. The second-order valence-electron chi connectivity index (χ2n) is 7.59. The van der Waals surface area contributed by atoms with Crippen molar-refractivity contribution in [1.82, 2.24) is 24.9 Å². The number of nitrogen functional groups attached to an aromatic ring is 1. The molecule has 0 radical (unpaired) electrons. The number of ether oxygens (including phenoxy) is 1. The van der Waals surface area contributed by atoms with Crippen LogP contribution in [-0.2, 0) is 0 Å². The summed E-state index contributed by atoms with van der Waals surface area (Å²) in [6.45, 7) is 2.21. The number of carbonyl (C=O) groups is 1. The topological polar surface area (TPSA) is 107 Å². The summed E-state index contributed by atoms with van der Waals surface area (Å²) >= 11 is 0. The minimum absolute atomic E-state index is 0.0749. The average Bonchev–Trinajstić information content (AvgIpc) is 3.19. The number of nitrogens with two attached hydrogens (primary N) is 1. The number of benzene rings is 1. The van der Waals surface area contributed by atoms with Gasteiger partial charge in [-0.1, -0.05) is 13.0 Å². The lowest BCUT2D eigenvalue weighted by Crippen LogP contribution is -2.26. The Kier molecular flexibility index (Phi) is 6.16. The molecular formula is C23H22F2N6O2. The van der Waals surface area contributed by atoms with Gasteiger partial charge in [-0.2, -0.15) is 4.98 Å². The second-order valence-corrected chi connectivity index (χ2v) is 7.59. The maximum absolute atomic E-state index is 13.5. The SMILES string of the molecule is COc1ncc(-c2ccn3nc(N)nc3c2)cc1C(=O)NCCC(C)c1ccc(F)c(F)c1. The van der Waals surface area contributed by atoms with Crippen LogP contribution in [0.25, 0.3) is 16.8 Å². The minimum Gasteiger partial charge on any atom is -0.480 e. The molecule has 4 aromatic rings. The van der Waals surface area contributed by atoms with Crippen LogP contribution in [0.2, 0.25) is 0 Å². The van der Waals surface area contributed by atoms with Gasteiger partial charge in [-0.3, -0.25) is 4.79 Å². The molecule has 0 spiro atoms. The van der Waals surface area contributed by atoms with Gasteiger partial charge in [0.2, 0.25) is 11.8 Å². The molecule has 170 valence electrons. The highest BCUT2D eigenvalue weighted by Crippen LogP contribution is 2.26. The minimum atomic E-state index is -0.886. The summed E-state index contributed by atoms with van der Waals surface area (Å²) in [4.78, 5) is 21.3. The van der Waals surface area contributed by atoms with Crippen LogP contribution in [0.15, 0.2) is 48.8 Å². The second kappa shape index (κ2) is 9.19. The normalized spacial score (nSPS) is 12.0. The maximum atomic E-state index is 13.5. The highest BCUT2D eigenvalue weighted by molar-refractivity contribution is 5.97. The van der Waals surface area contributed by atoms with Gasteiger partial charge in [-0.05, 0) is 53.8 Å². The fourth-order valence-corrected chi connectivity index (χ4v) is 3.50. The highest BCUT2D eigenvalue weighted by Gasteiger charge is 2.17. The molecule has 0 aliphatic carbocycles.